The minimum atomic E-state index is 0.560. The van der Waals surface area contributed by atoms with E-state index in [0.717, 1.165) is 24.2 Å². The van der Waals surface area contributed by atoms with E-state index in [1.807, 2.05) is 24.3 Å². The summed E-state index contributed by atoms with van der Waals surface area (Å²) in [5.41, 5.74) is 3.40. The van der Waals surface area contributed by atoms with Crippen molar-refractivity contribution in [2.24, 2.45) is 0 Å². The first-order chi connectivity index (χ1) is 9.29. The molecule has 0 heterocycles. The summed E-state index contributed by atoms with van der Waals surface area (Å²) in [4.78, 5) is 0. The molecule has 0 radical (unpaired) electrons. The number of rotatable bonds is 5. The zero-order valence-corrected chi connectivity index (χ0v) is 11.3. The third kappa shape index (κ3) is 3.89. The summed E-state index contributed by atoms with van der Waals surface area (Å²) in [5, 5.41) is 3.42. The SMILES string of the molecule is C#Cc1cccc(NCCC(C)c2ccccc2)c1. The Bertz CT molecular complexity index is 551. The van der Waals surface area contributed by atoms with Crippen molar-refractivity contribution in [3.63, 3.8) is 0 Å². The van der Waals surface area contributed by atoms with Gasteiger partial charge in [0.2, 0.25) is 0 Å². The molecule has 96 valence electrons. The van der Waals surface area contributed by atoms with Crippen LogP contribution in [-0.4, -0.2) is 6.54 Å². The predicted octanol–water partition coefficient (Wildman–Crippen LogP) is 4.27. The van der Waals surface area contributed by atoms with Crippen molar-refractivity contribution in [2.75, 3.05) is 11.9 Å². The van der Waals surface area contributed by atoms with Crippen LogP contribution in [0, 0.1) is 12.3 Å². The number of terminal acetylenes is 1. The molecule has 19 heavy (non-hydrogen) atoms. The van der Waals surface area contributed by atoms with Crippen LogP contribution in [0.3, 0.4) is 0 Å². The summed E-state index contributed by atoms with van der Waals surface area (Å²) < 4.78 is 0. The number of nitrogens with one attached hydrogen (secondary N) is 1. The fourth-order valence-corrected chi connectivity index (χ4v) is 2.10. The Morgan fingerprint density at radius 2 is 1.89 bits per heavy atom. The molecule has 0 amide bonds. The van der Waals surface area contributed by atoms with E-state index in [9.17, 15) is 0 Å². The van der Waals surface area contributed by atoms with Gasteiger partial charge in [-0.05, 0) is 36.1 Å². The van der Waals surface area contributed by atoms with Gasteiger partial charge in [-0.15, -0.1) is 6.42 Å². The second-order valence-corrected chi connectivity index (χ2v) is 4.75. The highest BCUT2D eigenvalue weighted by Gasteiger charge is 2.04. The van der Waals surface area contributed by atoms with Gasteiger partial charge in [-0.1, -0.05) is 49.2 Å². The monoisotopic (exact) mass is 249 g/mol. The first kappa shape index (κ1) is 13.2. The molecule has 1 unspecified atom stereocenters. The molecule has 0 aliphatic rings. The Labute approximate surface area is 115 Å². The molecule has 0 bridgehead atoms. The second-order valence-electron chi connectivity index (χ2n) is 4.75. The van der Waals surface area contributed by atoms with E-state index in [0.29, 0.717) is 5.92 Å². The quantitative estimate of drug-likeness (QED) is 0.780. The van der Waals surface area contributed by atoms with E-state index >= 15 is 0 Å². The van der Waals surface area contributed by atoms with E-state index in [1.165, 1.54) is 5.56 Å². The smallest absolute Gasteiger partial charge is 0.0352 e. The van der Waals surface area contributed by atoms with Gasteiger partial charge >= 0.3 is 0 Å². The van der Waals surface area contributed by atoms with Crippen molar-refractivity contribution in [2.45, 2.75) is 19.3 Å². The summed E-state index contributed by atoms with van der Waals surface area (Å²) >= 11 is 0. The lowest BCUT2D eigenvalue weighted by atomic mass is 9.98. The first-order valence-corrected chi connectivity index (χ1v) is 6.65. The van der Waals surface area contributed by atoms with E-state index in [4.69, 9.17) is 6.42 Å². The lowest BCUT2D eigenvalue weighted by Gasteiger charge is -2.13. The number of anilines is 1. The van der Waals surface area contributed by atoms with E-state index in [2.05, 4.69) is 48.5 Å². The zero-order chi connectivity index (χ0) is 13.5. The molecular weight excluding hydrogens is 230 g/mol. The van der Waals surface area contributed by atoms with E-state index in [1.54, 1.807) is 0 Å². The Morgan fingerprint density at radius 3 is 2.63 bits per heavy atom. The average Bonchev–Trinajstić information content (AvgIpc) is 2.48. The van der Waals surface area contributed by atoms with Crippen LogP contribution >= 0.6 is 0 Å². The highest BCUT2D eigenvalue weighted by atomic mass is 14.9. The van der Waals surface area contributed by atoms with Crippen molar-refractivity contribution >= 4 is 5.69 Å². The Kier molecular flexibility index (Phi) is 4.64. The highest BCUT2D eigenvalue weighted by Crippen LogP contribution is 2.18. The van der Waals surface area contributed by atoms with E-state index < -0.39 is 0 Å². The molecule has 2 aromatic carbocycles. The molecule has 0 spiro atoms. The van der Waals surface area contributed by atoms with Gasteiger partial charge in [0.05, 0.1) is 0 Å². The molecule has 2 aromatic rings. The maximum Gasteiger partial charge on any atom is 0.0352 e. The summed E-state index contributed by atoms with van der Waals surface area (Å²) in [6.07, 6.45) is 6.50. The van der Waals surface area contributed by atoms with Crippen LogP contribution in [0.25, 0.3) is 0 Å². The van der Waals surface area contributed by atoms with Gasteiger partial charge in [-0.25, -0.2) is 0 Å². The van der Waals surface area contributed by atoms with Gasteiger partial charge in [0.15, 0.2) is 0 Å². The maximum absolute atomic E-state index is 5.39. The summed E-state index contributed by atoms with van der Waals surface area (Å²) in [6, 6.07) is 18.6. The van der Waals surface area contributed by atoms with Crippen LogP contribution in [0.5, 0.6) is 0 Å². The van der Waals surface area contributed by atoms with Crippen molar-refractivity contribution in [3.8, 4) is 12.3 Å². The predicted molar refractivity (Wildman–Crippen MR) is 82.3 cm³/mol. The van der Waals surface area contributed by atoms with Crippen LogP contribution in [0.15, 0.2) is 54.6 Å². The molecule has 1 atom stereocenters. The van der Waals surface area contributed by atoms with Gasteiger partial charge in [0, 0.05) is 17.8 Å². The fraction of sp³-hybridized carbons (Fsp3) is 0.222. The number of hydrogen-bond acceptors (Lipinski definition) is 1. The largest absolute Gasteiger partial charge is 0.385 e. The molecule has 0 aliphatic carbocycles. The minimum Gasteiger partial charge on any atom is -0.385 e. The number of hydrogen-bond donors (Lipinski definition) is 1. The first-order valence-electron chi connectivity index (χ1n) is 6.65. The molecule has 1 N–H and O–H groups in total. The molecule has 0 fully saturated rings. The van der Waals surface area contributed by atoms with Crippen molar-refractivity contribution in [3.05, 3.63) is 65.7 Å². The molecular formula is C18H19N. The molecule has 0 saturated heterocycles. The van der Waals surface area contributed by atoms with Crippen LogP contribution in [0.1, 0.15) is 30.4 Å². The third-order valence-corrected chi connectivity index (χ3v) is 3.30. The molecule has 1 heteroatoms. The Balaban J connectivity index is 1.85. The Morgan fingerprint density at radius 1 is 1.11 bits per heavy atom. The van der Waals surface area contributed by atoms with Gasteiger partial charge in [0.25, 0.3) is 0 Å². The summed E-state index contributed by atoms with van der Waals surface area (Å²) in [6.45, 7) is 3.21. The minimum absolute atomic E-state index is 0.560. The summed E-state index contributed by atoms with van der Waals surface area (Å²) in [5.74, 6) is 3.21. The standard InChI is InChI=1S/C18H19N/c1-3-16-8-7-11-18(14-16)19-13-12-15(2)17-9-5-4-6-10-17/h1,4-11,14-15,19H,12-13H2,2H3. The summed E-state index contributed by atoms with van der Waals surface area (Å²) in [7, 11) is 0. The van der Waals surface area contributed by atoms with Crippen LogP contribution in [-0.2, 0) is 0 Å². The van der Waals surface area contributed by atoms with Gasteiger partial charge < -0.3 is 5.32 Å². The van der Waals surface area contributed by atoms with Crippen molar-refractivity contribution in [1.29, 1.82) is 0 Å². The second kappa shape index (κ2) is 6.66. The highest BCUT2D eigenvalue weighted by molar-refractivity contribution is 5.49. The topological polar surface area (TPSA) is 12.0 Å². The molecule has 2 rings (SSSR count). The van der Waals surface area contributed by atoms with Crippen LogP contribution < -0.4 is 5.32 Å². The van der Waals surface area contributed by atoms with Crippen LogP contribution in [0.4, 0.5) is 5.69 Å². The molecule has 0 saturated carbocycles. The van der Waals surface area contributed by atoms with Crippen molar-refractivity contribution < 1.29 is 0 Å². The normalized spacial score (nSPS) is 11.6. The lowest BCUT2D eigenvalue weighted by molar-refractivity contribution is 0.706. The fourth-order valence-electron chi connectivity index (χ4n) is 2.10. The molecule has 0 aromatic heterocycles. The van der Waals surface area contributed by atoms with E-state index in [-0.39, 0.29) is 0 Å². The van der Waals surface area contributed by atoms with Gasteiger partial charge in [-0.3, -0.25) is 0 Å². The zero-order valence-electron chi connectivity index (χ0n) is 11.3. The van der Waals surface area contributed by atoms with Crippen LogP contribution in [0.2, 0.25) is 0 Å². The molecule has 0 aliphatic heterocycles. The van der Waals surface area contributed by atoms with Gasteiger partial charge in [0.1, 0.15) is 0 Å². The lowest BCUT2D eigenvalue weighted by Crippen LogP contribution is -2.06. The average molecular weight is 249 g/mol. The third-order valence-electron chi connectivity index (χ3n) is 3.30. The molecule has 1 nitrogen and oxygen atoms in total. The number of benzene rings is 2. The van der Waals surface area contributed by atoms with Crippen molar-refractivity contribution in [1.82, 2.24) is 0 Å². The maximum atomic E-state index is 5.39. The van der Waals surface area contributed by atoms with Gasteiger partial charge in [-0.2, -0.15) is 0 Å². The Hall–Kier alpha value is -2.20.